The zero-order valence-electron chi connectivity index (χ0n) is 11.4. The third-order valence-electron chi connectivity index (χ3n) is 2.61. The number of halogens is 1. The zero-order valence-corrected chi connectivity index (χ0v) is 13.8. The number of thiocarbonyl (C=S) groups is 1. The molecule has 2 rings (SSSR count). The summed E-state index contributed by atoms with van der Waals surface area (Å²) >= 11 is 13.0. The van der Waals surface area contributed by atoms with Crippen LogP contribution in [0.1, 0.15) is 5.56 Å². The molecule has 0 amide bonds. The number of nitrogens with one attached hydrogen (secondary N) is 2. The van der Waals surface area contributed by atoms with Gasteiger partial charge in [-0.2, -0.15) is 11.8 Å². The molecular weight excluding hydrogens is 322 g/mol. The molecule has 1 aromatic heterocycles. The molecule has 0 saturated carbocycles. The van der Waals surface area contributed by atoms with Gasteiger partial charge in [0.05, 0.1) is 11.9 Å². The molecule has 0 fully saturated rings. The van der Waals surface area contributed by atoms with Gasteiger partial charge in [-0.1, -0.05) is 23.7 Å². The number of aromatic nitrogens is 1. The van der Waals surface area contributed by atoms with Gasteiger partial charge in [-0.05, 0) is 42.0 Å². The van der Waals surface area contributed by atoms with Gasteiger partial charge >= 0.3 is 0 Å². The number of benzene rings is 1. The summed E-state index contributed by atoms with van der Waals surface area (Å²) in [6.45, 7) is 0.817. The van der Waals surface area contributed by atoms with E-state index in [1.807, 2.05) is 42.1 Å². The molecule has 0 spiro atoms. The van der Waals surface area contributed by atoms with Gasteiger partial charge in [0.25, 0.3) is 0 Å². The molecule has 110 valence electrons. The first-order valence-corrected chi connectivity index (χ1v) is 8.45. The number of thioether (sulfide) groups is 1. The maximum absolute atomic E-state index is 5.95. The highest BCUT2D eigenvalue weighted by Gasteiger charge is 1.98. The Bertz CT molecular complexity index is 578. The van der Waals surface area contributed by atoms with Gasteiger partial charge in [-0.15, -0.1) is 0 Å². The quantitative estimate of drug-likeness (QED) is 0.616. The highest BCUT2D eigenvalue weighted by atomic mass is 35.5. The van der Waals surface area contributed by atoms with Gasteiger partial charge in [0.1, 0.15) is 0 Å². The molecule has 0 saturated heterocycles. The van der Waals surface area contributed by atoms with E-state index in [0.717, 1.165) is 28.8 Å². The maximum Gasteiger partial charge on any atom is 0.170 e. The molecule has 2 N–H and O–H groups in total. The van der Waals surface area contributed by atoms with Crippen molar-refractivity contribution in [2.45, 2.75) is 5.75 Å². The van der Waals surface area contributed by atoms with Crippen molar-refractivity contribution in [3.05, 3.63) is 59.4 Å². The number of anilines is 1. The molecule has 0 bridgehead atoms. The van der Waals surface area contributed by atoms with E-state index in [0.29, 0.717) is 5.11 Å². The normalized spacial score (nSPS) is 10.1. The second kappa shape index (κ2) is 8.87. The summed E-state index contributed by atoms with van der Waals surface area (Å²) in [6.07, 6.45) is 3.47. The van der Waals surface area contributed by atoms with Gasteiger partial charge in [-0.25, -0.2) is 0 Å². The number of rotatable bonds is 6. The van der Waals surface area contributed by atoms with E-state index in [1.165, 1.54) is 5.56 Å². The number of hydrogen-bond donors (Lipinski definition) is 2. The average Bonchev–Trinajstić information content (AvgIpc) is 2.48. The van der Waals surface area contributed by atoms with Crippen LogP contribution in [0, 0.1) is 0 Å². The van der Waals surface area contributed by atoms with Crippen LogP contribution in [0.15, 0.2) is 48.8 Å². The lowest BCUT2D eigenvalue weighted by Gasteiger charge is -2.10. The van der Waals surface area contributed by atoms with Gasteiger partial charge in [0.2, 0.25) is 0 Å². The fraction of sp³-hybridized carbons (Fsp3) is 0.200. The van der Waals surface area contributed by atoms with Crippen LogP contribution >= 0.6 is 35.6 Å². The molecule has 0 radical (unpaired) electrons. The van der Waals surface area contributed by atoms with E-state index in [2.05, 4.69) is 21.7 Å². The van der Waals surface area contributed by atoms with E-state index in [9.17, 15) is 0 Å². The smallest absolute Gasteiger partial charge is 0.170 e. The molecule has 3 nitrogen and oxygen atoms in total. The van der Waals surface area contributed by atoms with Gasteiger partial charge in [0, 0.05) is 29.3 Å². The van der Waals surface area contributed by atoms with Crippen molar-refractivity contribution in [3.8, 4) is 0 Å². The molecule has 2 aromatic rings. The predicted molar refractivity (Wildman–Crippen MR) is 96.1 cm³/mol. The van der Waals surface area contributed by atoms with Crippen molar-refractivity contribution in [1.29, 1.82) is 0 Å². The Labute approximate surface area is 139 Å². The summed E-state index contributed by atoms with van der Waals surface area (Å²) in [7, 11) is 0. The summed E-state index contributed by atoms with van der Waals surface area (Å²) in [6, 6.07) is 11.7. The van der Waals surface area contributed by atoms with Crippen LogP contribution in [0.2, 0.25) is 5.02 Å². The molecule has 21 heavy (non-hydrogen) atoms. The zero-order chi connectivity index (χ0) is 14.9. The lowest BCUT2D eigenvalue weighted by molar-refractivity contribution is 0.989. The number of hydrogen-bond acceptors (Lipinski definition) is 3. The molecule has 0 unspecified atom stereocenters. The fourth-order valence-corrected chi connectivity index (χ4v) is 2.90. The van der Waals surface area contributed by atoms with E-state index in [1.54, 1.807) is 12.4 Å². The van der Waals surface area contributed by atoms with Gasteiger partial charge in [-0.3, -0.25) is 4.98 Å². The Kier molecular flexibility index (Phi) is 6.79. The van der Waals surface area contributed by atoms with Crippen LogP contribution in [-0.2, 0) is 5.75 Å². The molecule has 0 aliphatic rings. The second-order valence-corrected chi connectivity index (χ2v) is 6.25. The van der Waals surface area contributed by atoms with E-state index < -0.39 is 0 Å². The average molecular weight is 338 g/mol. The SMILES string of the molecule is S=C(NCCSCc1cccc(Cl)c1)Nc1cccnc1. The van der Waals surface area contributed by atoms with Crippen molar-refractivity contribution < 1.29 is 0 Å². The number of nitrogens with zero attached hydrogens (tertiary/aromatic N) is 1. The third-order valence-corrected chi connectivity index (χ3v) is 4.12. The monoisotopic (exact) mass is 337 g/mol. The second-order valence-electron chi connectivity index (χ2n) is 4.31. The van der Waals surface area contributed by atoms with Crippen LogP contribution in [0.4, 0.5) is 5.69 Å². The molecule has 1 heterocycles. The molecule has 0 atom stereocenters. The van der Waals surface area contributed by atoms with E-state index in [-0.39, 0.29) is 0 Å². The minimum Gasteiger partial charge on any atom is -0.362 e. The first-order chi connectivity index (χ1) is 10.2. The molecular formula is C15H16ClN3S2. The summed E-state index contributed by atoms with van der Waals surface area (Å²) in [5.74, 6) is 1.92. The molecule has 0 aliphatic carbocycles. The maximum atomic E-state index is 5.95. The van der Waals surface area contributed by atoms with E-state index in [4.69, 9.17) is 23.8 Å². The van der Waals surface area contributed by atoms with Crippen molar-refractivity contribution in [2.24, 2.45) is 0 Å². The number of pyridine rings is 1. The van der Waals surface area contributed by atoms with Crippen LogP contribution in [0.3, 0.4) is 0 Å². The Hall–Kier alpha value is -1.30. The summed E-state index contributed by atoms with van der Waals surface area (Å²) in [5.41, 5.74) is 2.13. The predicted octanol–water partition coefficient (Wildman–Crippen LogP) is 3.95. The van der Waals surface area contributed by atoms with Crippen molar-refractivity contribution in [1.82, 2.24) is 10.3 Å². The fourth-order valence-electron chi connectivity index (χ4n) is 1.67. The van der Waals surface area contributed by atoms with Gasteiger partial charge < -0.3 is 10.6 Å². The Balaban J connectivity index is 1.60. The van der Waals surface area contributed by atoms with Crippen LogP contribution in [-0.4, -0.2) is 22.4 Å². The van der Waals surface area contributed by atoms with Crippen LogP contribution in [0.5, 0.6) is 0 Å². The largest absolute Gasteiger partial charge is 0.362 e. The van der Waals surface area contributed by atoms with Crippen LogP contribution < -0.4 is 10.6 Å². The van der Waals surface area contributed by atoms with Gasteiger partial charge in [0.15, 0.2) is 5.11 Å². The van der Waals surface area contributed by atoms with Crippen LogP contribution in [0.25, 0.3) is 0 Å². The summed E-state index contributed by atoms with van der Waals surface area (Å²) in [5, 5.41) is 7.67. The van der Waals surface area contributed by atoms with Crippen molar-refractivity contribution >= 4 is 46.4 Å². The minimum absolute atomic E-state index is 0.617. The molecule has 0 aliphatic heterocycles. The lowest BCUT2D eigenvalue weighted by Crippen LogP contribution is -2.30. The lowest BCUT2D eigenvalue weighted by atomic mass is 10.2. The van der Waals surface area contributed by atoms with E-state index >= 15 is 0 Å². The Morgan fingerprint density at radius 2 is 2.19 bits per heavy atom. The highest BCUT2D eigenvalue weighted by Crippen LogP contribution is 2.16. The van der Waals surface area contributed by atoms with Crippen molar-refractivity contribution in [3.63, 3.8) is 0 Å². The summed E-state index contributed by atoms with van der Waals surface area (Å²) < 4.78 is 0. The van der Waals surface area contributed by atoms with Crippen molar-refractivity contribution in [2.75, 3.05) is 17.6 Å². The molecule has 6 heteroatoms. The standard InChI is InChI=1S/C15H16ClN3S2/c16-13-4-1-3-12(9-13)11-21-8-7-18-15(20)19-14-5-2-6-17-10-14/h1-6,9-10H,7-8,11H2,(H2,18,19,20). The topological polar surface area (TPSA) is 37.0 Å². The highest BCUT2D eigenvalue weighted by molar-refractivity contribution is 7.98. The minimum atomic E-state index is 0.617. The first-order valence-electron chi connectivity index (χ1n) is 6.51. The Morgan fingerprint density at radius 1 is 1.29 bits per heavy atom. The summed E-state index contributed by atoms with van der Waals surface area (Å²) in [4.78, 5) is 4.02. The third kappa shape index (κ3) is 6.33. The Morgan fingerprint density at radius 3 is 2.95 bits per heavy atom. The molecule has 1 aromatic carbocycles. The first kappa shape index (κ1) is 16.1.